The Hall–Kier alpha value is -2.35. The zero-order valence-electron chi connectivity index (χ0n) is 14.5. The summed E-state index contributed by atoms with van der Waals surface area (Å²) in [5.41, 5.74) is 1.89. The van der Waals surface area contributed by atoms with Gasteiger partial charge in [-0.25, -0.2) is 4.68 Å². The van der Waals surface area contributed by atoms with Crippen LogP contribution in [0.1, 0.15) is 32.0 Å². The molecule has 0 aliphatic carbocycles. The summed E-state index contributed by atoms with van der Waals surface area (Å²) >= 11 is 1.47. The molecule has 0 radical (unpaired) electrons. The number of hydrogen-bond acceptors (Lipinski definition) is 5. The highest BCUT2D eigenvalue weighted by Gasteiger charge is 2.13. The number of carboxylic acid groups (broad SMARTS) is 1. The molecule has 0 saturated heterocycles. The molecule has 0 unspecified atom stereocenters. The van der Waals surface area contributed by atoms with E-state index in [0.29, 0.717) is 11.4 Å². The summed E-state index contributed by atoms with van der Waals surface area (Å²) in [6.45, 7) is 6.46. The first-order chi connectivity index (χ1) is 11.7. The van der Waals surface area contributed by atoms with Crippen molar-refractivity contribution >= 4 is 23.6 Å². The number of carboxylic acids is 1. The normalized spacial score (nSPS) is 11.3. The molecule has 2 rings (SSSR count). The number of aromatic nitrogens is 3. The Kier molecular flexibility index (Phi) is 6.19. The predicted octanol–water partition coefficient (Wildman–Crippen LogP) is 2.07. The summed E-state index contributed by atoms with van der Waals surface area (Å²) < 4.78 is 1.22. The van der Waals surface area contributed by atoms with Gasteiger partial charge in [0, 0.05) is 4.90 Å². The fourth-order valence-electron chi connectivity index (χ4n) is 2.08. The van der Waals surface area contributed by atoms with Crippen molar-refractivity contribution in [1.82, 2.24) is 20.3 Å². The van der Waals surface area contributed by atoms with E-state index in [0.717, 1.165) is 4.90 Å². The second-order valence-corrected chi connectivity index (χ2v) is 7.69. The lowest BCUT2D eigenvalue weighted by molar-refractivity contribution is -0.137. The summed E-state index contributed by atoms with van der Waals surface area (Å²) in [4.78, 5) is 23.5. The van der Waals surface area contributed by atoms with Gasteiger partial charge < -0.3 is 10.4 Å². The number of rotatable bonds is 7. The molecule has 1 amide bonds. The van der Waals surface area contributed by atoms with Gasteiger partial charge in [-0.15, -0.1) is 16.9 Å². The van der Waals surface area contributed by atoms with E-state index >= 15 is 0 Å². The first kappa shape index (κ1) is 19.0. The minimum atomic E-state index is -0.991. The van der Waals surface area contributed by atoms with Crippen LogP contribution in [0.15, 0.2) is 35.4 Å². The minimum Gasteiger partial charge on any atom is -0.480 e. The molecule has 0 bridgehead atoms. The average molecular weight is 362 g/mol. The zero-order valence-corrected chi connectivity index (χ0v) is 15.3. The number of benzene rings is 1. The fourth-order valence-corrected chi connectivity index (χ4v) is 2.80. The van der Waals surface area contributed by atoms with E-state index in [1.807, 2.05) is 12.1 Å². The Labute approximate surface area is 150 Å². The molecule has 0 aliphatic rings. The van der Waals surface area contributed by atoms with Gasteiger partial charge in [0.05, 0.1) is 18.5 Å². The number of thioether (sulfide) groups is 1. The average Bonchev–Trinajstić information content (AvgIpc) is 2.97. The van der Waals surface area contributed by atoms with E-state index in [1.165, 1.54) is 28.2 Å². The maximum absolute atomic E-state index is 11.9. The Morgan fingerprint density at radius 1 is 1.24 bits per heavy atom. The predicted molar refractivity (Wildman–Crippen MR) is 95.4 cm³/mol. The molecular weight excluding hydrogens is 340 g/mol. The lowest BCUT2D eigenvalue weighted by Crippen LogP contribution is -2.24. The highest BCUT2D eigenvalue weighted by atomic mass is 32.2. The van der Waals surface area contributed by atoms with E-state index in [-0.39, 0.29) is 24.4 Å². The van der Waals surface area contributed by atoms with E-state index in [1.54, 1.807) is 0 Å². The van der Waals surface area contributed by atoms with Gasteiger partial charge in [0.2, 0.25) is 5.91 Å². The van der Waals surface area contributed by atoms with E-state index in [9.17, 15) is 9.59 Å². The Balaban J connectivity index is 1.77. The molecule has 8 heteroatoms. The van der Waals surface area contributed by atoms with Crippen LogP contribution >= 0.6 is 11.8 Å². The summed E-state index contributed by atoms with van der Waals surface area (Å²) in [6, 6.07) is 8.22. The van der Waals surface area contributed by atoms with Crippen LogP contribution in [0.5, 0.6) is 0 Å². The largest absolute Gasteiger partial charge is 0.480 e. The van der Waals surface area contributed by atoms with Crippen LogP contribution in [0.2, 0.25) is 0 Å². The number of carbonyl (C=O) groups excluding carboxylic acids is 1. The molecule has 0 aliphatic heterocycles. The zero-order chi connectivity index (χ0) is 18.4. The molecule has 1 aromatic carbocycles. The quantitative estimate of drug-likeness (QED) is 0.732. The number of amides is 1. The van der Waals surface area contributed by atoms with Crippen LogP contribution in [0.25, 0.3) is 0 Å². The number of nitrogens with zero attached hydrogens (tertiary/aromatic N) is 3. The number of carbonyl (C=O) groups is 2. The Bertz CT molecular complexity index is 735. The van der Waals surface area contributed by atoms with Crippen molar-refractivity contribution in [1.29, 1.82) is 0 Å². The van der Waals surface area contributed by atoms with E-state index in [4.69, 9.17) is 5.11 Å². The second kappa shape index (κ2) is 8.15. The van der Waals surface area contributed by atoms with Crippen molar-refractivity contribution in [2.75, 3.05) is 5.75 Å². The lowest BCUT2D eigenvalue weighted by Gasteiger charge is -2.19. The van der Waals surface area contributed by atoms with Gasteiger partial charge in [-0.05, 0) is 23.1 Å². The van der Waals surface area contributed by atoms with Gasteiger partial charge in [-0.2, -0.15) is 0 Å². The third kappa shape index (κ3) is 6.22. The van der Waals surface area contributed by atoms with Gasteiger partial charge in [0.1, 0.15) is 12.2 Å². The number of aliphatic carboxylic acids is 1. The maximum atomic E-state index is 11.9. The van der Waals surface area contributed by atoms with Crippen LogP contribution in [0.4, 0.5) is 0 Å². The van der Waals surface area contributed by atoms with Crippen molar-refractivity contribution < 1.29 is 14.7 Å². The van der Waals surface area contributed by atoms with Crippen LogP contribution < -0.4 is 5.32 Å². The van der Waals surface area contributed by atoms with Crippen molar-refractivity contribution in [3.8, 4) is 0 Å². The van der Waals surface area contributed by atoms with Crippen LogP contribution in [-0.4, -0.2) is 37.7 Å². The van der Waals surface area contributed by atoms with Gasteiger partial charge in [-0.1, -0.05) is 38.1 Å². The Morgan fingerprint density at radius 3 is 2.52 bits per heavy atom. The first-order valence-electron chi connectivity index (χ1n) is 7.85. The molecule has 0 atom stereocenters. The lowest BCUT2D eigenvalue weighted by atomic mass is 9.87. The van der Waals surface area contributed by atoms with Crippen molar-refractivity contribution in [3.63, 3.8) is 0 Å². The molecule has 1 heterocycles. The van der Waals surface area contributed by atoms with Crippen molar-refractivity contribution in [3.05, 3.63) is 41.7 Å². The number of nitrogens with one attached hydrogen (secondary N) is 1. The fraction of sp³-hybridized carbons (Fsp3) is 0.412. The smallest absolute Gasteiger partial charge is 0.325 e. The molecule has 0 saturated carbocycles. The standard InChI is InChI=1S/C17H22N4O3S/c1-17(2,3)12-4-6-14(7-5-12)25-11-15(22)18-8-13-9-21(20-19-13)10-16(23)24/h4-7,9H,8,10-11H2,1-3H3,(H,18,22)(H,23,24). The van der Waals surface area contributed by atoms with E-state index < -0.39 is 5.97 Å². The third-order valence-electron chi connectivity index (χ3n) is 3.44. The summed E-state index contributed by atoms with van der Waals surface area (Å²) in [5, 5.41) is 18.9. The van der Waals surface area contributed by atoms with Gasteiger partial charge in [-0.3, -0.25) is 9.59 Å². The van der Waals surface area contributed by atoms with Gasteiger partial charge in [0.15, 0.2) is 0 Å². The molecule has 7 nitrogen and oxygen atoms in total. The van der Waals surface area contributed by atoms with Crippen LogP contribution in [0.3, 0.4) is 0 Å². The molecule has 0 fully saturated rings. The van der Waals surface area contributed by atoms with Crippen LogP contribution in [0, 0.1) is 0 Å². The van der Waals surface area contributed by atoms with Crippen LogP contribution in [-0.2, 0) is 28.1 Å². The molecular formula is C17H22N4O3S. The highest BCUT2D eigenvalue weighted by Crippen LogP contribution is 2.25. The molecule has 134 valence electrons. The maximum Gasteiger partial charge on any atom is 0.325 e. The molecule has 2 aromatic rings. The Morgan fingerprint density at radius 2 is 1.92 bits per heavy atom. The minimum absolute atomic E-state index is 0.110. The first-order valence-corrected chi connectivity index (χ1v) is 8.83. The third-order valence-corrected chi connectivity index (χ3v) is 4.45. The number of hydrogen-bond donors (Lipinski definition) is 2. The summed E-state index contributed by atoms with van der Waals surface area (Å²) in [5.74, 6) is -0.801. The topological polar surface area (TPSA) is 97.1 Å². The van der Waals surface area contributed by atoms with Gasteiger partial charge >= 0.3 is 5.97 Å². The van der Waals surface area contributed by atoms with E-state index in [2.05, 4.69) is 48.5 Å². The van der Waals surface area contributed by atoms with Crippen molar-refractivity contribution in [2.24, 2.45) is 0 Å². The molecule has 2 N–H and O–H groups in total. The van der Waals surface area contributed by atoms with Gasteiger partial charge in [0.25, 0.3) is 0 Å². The second-order valence-electron chi connectivity index (χ2n) is 6.64. The monoisotopic (exact) mass is 362 g/mol. The highest BCUT2D eigenvalue weighted by molar-refractivity contribution is 8.00. The molecule has 1 aromatic heterocycles. The SMILES string of the molecule is CC(C)(C)c1ccc(SCC(=O)NCc2cn(CC(=O)O)nn2)cc1. The summed E-state index contributed by atoms with van der Waals surface area (Å²) in [7, 11) is 0. The summed E-state index contributed by atoms with van der Waals surface area (Å²) in [6.07, 6.45) is 1.51. The van der Waals surface area contributed by atoms with Crippen molar-refractivity contribution in [2.45, 2.75) is 44.2 Å². The molecule has 0 spiro atoms. The molecule has 25 heavy (non-hydrogen) atoms.